The van der Waals surface area contributed by atoms with Crippen LogP contribution in [0.2, 0.25) is 0 Å². The van der Waals surface area contributed by atoms with Gasteiger partial charge in [-0.05, 0) is 40.0 Å². The molecule has 0 aliphatic carbocycles. The van der Waals surface area contributed by atoms with E-state index in [0.717, 1.165) is 5.69 Å². The Bertz CT molecular complexity index is 421. The van der Waals surface area contributed by atoms with E-state index in [-0.39, 0.29) is 11.6 Å². The molecule has 18 heavy (non-hydrogen) atoms. The molecule has 0 spiro atoms. The second-order valence-corrected chi connectivity index (χ2v) is 5.30. The third-order valence-electron chi connectivity index (χ3n) is 2.70. The average Bonchev–Trinajstić information content (AvgIpc) is 2.27. The van der Waals surface area contributed by atoms with E-state index in [2.05, 4.69) is 35.1 Å². The molecule has 1 aromatic rings. The van der Waals surface area contributed by atoms with Crippen molar-refractivity contribution in [2.24, 2.45) is 5.92 Å². The van der Waals surface area contributed by atoms with Crippen LogP contribution in [0.1, 0.15) is 24.2 Å². The van der Waals surface area contributed by atoms with Crippen LogP contribution in [0.15, 0.2) is 22.7 Å². The molecule has 2 N–H and O–H groups in total. The SMILES string of the molecule is COCC(Nc1ccc(C(=O)O)c(Br)c1)C(C)C. The maximum absolute atomic E-state index is 10.9. The van der Waals surface area contributed by atoms with Gasteiger partial charge in [-0.25, -0.2) is 4.79 Å². The first-order chi connectivity index (χ1) is 8.45. The molecule has 0 aliphatic rings. The van der Waals surface area contributed by atoms with Gasteiger partial charge in [0.25, 0.3) is 0 Å². The van der Waals surface area contributed by atoms with E-state index < -0.39 is 5.97 Å². The van der Waals surface area contributed by atoms with Crippen molar-refractivity contribution in [2.75, 3.05) is 19.0 Å². The first kappa shape index (κ1) is 15.0. The Labute approximate surface area is 115 Å². The maximum atomic E-state index is 10.9. The van der Waals surface area contributed by atoms with Crippen molar-refractivity contribution in [2.45, 2.75) is 19.9 Å². The summed E-state index contributed by atoms with van der Waals surface area (Å²) in [6.07, 6.45) is 0. The van der Waals surface area contributed by atoms with E-state index >= 15 is 0 Å². The van der Waals surface area contributed by atoms with Gasteiger partial charge < -0.3 is 15.2 Å². The van der Waals surface area contributed by atoms with Crippen molar-refractivity contribution < 1.29 is 14.6 Å². The fourth-order valence-electron chi connectivity index (χ4n) is 1.57. The molecule has 0 aliphatic heterocycles. The molecular formula is C13H18BrNO3. The van der Waals surface area contributed by atoms with E-state index in [1.54, 1.807) is 25.3 Å². The highest BCUT2D eigenvalue weighted by atomic mass is 79.9. The van der Waals surface area contributed by atoms with Crippen LogP contribution < -0.4 is 5.32 Å². The Balaban J connectivity index is 2.84. The lowest BCUT2D eigenvalue weighted by Gasteiger charge is -2.23. The Morgan fingerprint density at radius 1 is 1.50 bits per heavy atom. The summed E-state index contributed by atoms with van der Waals surface area (Å²) in [5, 5.41) is 12.3. The maximum Gasteiger partial charge on any atom is 0.336 e. The molecule has 0 saturated carbocycles. The average molecular weight is 316 g/mol. The molecule has 5 heteroatoms. The number of hydrogen-bond donors (Lipinski definition) is 2. The van der Waals surface area contributed by atoms with Crippen LogP contribution in [-0.2, 0) is 4.74 Å². The normalized spacial score (nSPS) is 12.5. The third-order valence-corrected chi connectivity index (χ3v) is 3.36. The molecular weight excluding hydrogens is 298 g/mol. The van der Waals surface area contributed by atoms with E-state index in [1.807, 2.05) is 0 Å². The number of carbonyl (C=O) groups is 1. The molecule has 0 fully saturated rings. The van der Waals surface area contributed by atoms with Gasteiger partial charge >= 0.3 is 5.97 Å². The Kier molecular flexibility index (Phi) is 5.62. The predicted molar refractivity (Wildman–Crippen MR) is 75.2 cm³/mol. The standard InChI is InChI=1S/C13H18BrNO3/c1-8(2)12(7-18-3)15-9-4-5-10(13(16)17)11(14)6-9/h4-6,8,12,15H,7H2,1-3H3,(H,16,17). The fraction of sp³-hybridized carbons (Fsp3) is 0.462. The monoisotopic (exact) mass is 315 g/mol. The molecule has 1 unspecified atom stereocenters. The Morgan fingerprint density at radius 2 is 2.17 bits per heavy atom. The van der Waals surface area contributed by atoms with Gasteiger partial charge in [-0.15, -0.1) is 0 Å². The van der Waals surface area contributed by atoms with Gasteiger partial charge in [-0.3, -0.25) is 0 Å². The summed E-state index contributed by atoms with van der Waals surface area (Å²) < 4.78 is 5.73. The number of halogens is 1. The summed E-state index contributed by atoms with van der Waals surface area (Å²) in [5.41, 5.74) is 1.14. The minimum Gasteiger partial charge on any atom is -0.478 e. The molecule has 100 valence electrons. The lowest BCUT2D eigenvalue weighted by Crippen LogP contribution is -2.30. The van der Waals surface area contributed by atoms with E-state index in [4.69, 9.17) is 9.84 Å². The van der Waals surface area contributed by atoms with Gasteiger partial charge in [0.15, 0.2) is 0 Å². The smallest absolute Gasteiger partial charge is 0.336 e. The van der Waals surface area contributed by atoms with Crippen molar-refractivity contribution in [3.63, 3.8) is 0 Å². The summed E-state index contributed by atoms with van der Waals surface area (Å²) in [5.74, 6) is -0.520. The summed E-state index contributed by atoms with van der Waals surface area (Å²) in [6, 6.07) is 5.31. The Hall–Kier alpha value is -1.07. The number of carboxylic acid groups (broad SMARTS) is 1. The zero-order valence-electron chi connectivity index (χ0n) is 10.7. The number of anilines is 1. The van der Waals surface area contributed by atoms with Crippen LogP contribution in [0.3, 0.4) is 0 Å². The lowest BCUT2D eigenvalue weighted by molar-refractivity contribution is 0.0696. The fourth-order valence-corrected chi connectivity index (χ4v) is 2.12. The number of methoxy groups -OCH3 is 1. The van der Waals surface area contributed by atoms with E-state index in [9.17, 15) is 4.79 Å². The van der Waals surface area contributed by atoms with Gasteiger partial charge in [0.05, 0.1) is 18.2 Å². The van der Waals surface area contributed by atoms with Crippen LogP contribution in [0.4, 0.5) is 5.69 Å². The van der Waals surface area contributed by atoms with Gasteiger partial charge in [0.2, 0.25) is 0 Å². The van der Waals surface area contributed by atoms with Crippen LogP contribution >= 0.6 is 15.9 Å². The van der Waals surface area contributed by atoms with Gasteiger partial charge in [-0.2, -0.15) is 0 Å². The van der Waals surface area contributed by atoms with Gasteiger partial charge in [-0.1, -0.05) is 13.8 Å². The third kappa shape index (κ3) is 3.99. The van der Waals surface area contributed by atoms with Crippen molar-refractivity contribution in [3.8, 4) is 0 Å². The molecule has 0 amide bonds. The highest BCUT2D eigenvalue weighted by Gasteiger charge is 2.14. The number of aromatic carboxylic acids is 1. The minimum atomic E-state index is -0.939. The van der Waals surface area contributed by atoms with Crippen LogP contribution in [0, 0.1) is 5.92 Å². The summed E-state index contributed by atoms with van der Waals surface area (Å²) in [7, 11) is 1.67. The summed E-state index contributed by atoms with van der Waals surface area (Å²) in [4.78, 5) is 10.9. The second kappa shape index (κ2) is 6.75. The molecule has 0 heterocycles. The second-order valence-electron chi connectivity index (χ2n) is 4.45. The van der Waals surface area contributed by atoms with E-state index in [0.29, 0.717) is 17.0 Å². The molecule has 4 nitrogen and oxygen atoms in total. The highest BCUT2D eigenvalue weighted by Crippen LogP contribution is 2.23. The number of hydrogen-bond acceptors (Lipinski definition) is 3. The first-order valence-corrected chi connectivity index (χ1v) is 6.53. The Morgan fingerprint density at radius 3 is 2.61 bits per heavy atom. The van der Waals surface area contributed by atoms with Crippen LogP contribution in [0.5, 0.6) is 0 Å². The first-order valence-electron chi connectivity index (χ1n) is 5.74. The van der Waals surface area contributed by atoms with Crippen molar-refractivity contribution in [1.82, 2.24) is 0 Å². The summed E-state index contributed by atoms with van der Waals surface area (Å²) >= 11 is 3.26. The molecule has 0 aromatic heterocycles. The molecule has 1 rings (SSSR count). The molecule has 0 bridgehead atoms. The van der Waals surface area contributed by atoms with Crippen molar-refractivity contribution in [1.29, 1.82) is 0 Å². The highest BCUT2D eigenvalue weighted by molar-refractivity contribution is 9.10. The van der Waals surface area contributed by atoms with Gasteiger partial charge in [0, 0.05) is 17.3 Å². The lowest BCUT2D eigenvalue weighted by atomic mass is 10.0. The zero-order chi connectivity index (χ0) is 13.7. The quantitative estimate of drug-likeness (QED) is 0.846. The number of rotatable bonds is 6. The van der Waals surface area contributed by atoms with Gasteiger partial charge in [0.1, 0.15) is 0 Å². The number of nitrogens with one attached hydrogen (secondary N) is 1. The molecule has 0 radical (unpaired) electrons. The number of benzene rings is 1. The minimum absolute atomic E-state index is 0.192. The molecule has 1 aromatic carbocycles. The van der Waals surface area contributed by atoms with Crippen LogP contribution in [0.25, 0.3) is 0 Å². The summed E-state index contributed by atoms with van der Waals surface area (Å²) in [6.45, 7) is 4.82. The largest absolute Gasteiger partial charge is 0.478 e. The number of carboxylic acids is 1. The molecule has 1 atom stereocenters. The van der Waals surface area contributed by atoms with Crippen LogP contribution in [-0.4, -0.2) is 30.8 Å². The van der Waals surface area contributed by atoms with Crippen molar-refractivity contribution in [3.05, 3.63) is 28.2 Å². The predicted octanol–water partition coefficient (Wildman–Crippen LogP) is 3.23. The number of ether oxygens (including phenoxy) is 1. The molecule has 0 saturated heterocycles. The zero-order valence-corrected chi connectivity index (χ0v) is 12.3. The van der Waals surface area contributed by atoms with E-state index in [1.165, 1.54) is 0 Å². The topological polar surface area (TPSA) is 58.6 Å². The van der Waals surface area contributed by atoms with Crippen molar-refractivity contribution >= 4 is 27.6 Å².